The molecule has 5 heteroatoms. The number of aliphatic hydroxyl groups excluding tert-OH is 1. The molecule has 1 atom stereocenters. The van der Waals surface area contributed by atoms with Crippen molar-refractivity contribution in [2.75, 3.05) is 13.2 Å². The quantitative estimate of drug-likeness (QED) is 0.416. The first-order valence-corrected chi connectivity index (χ1v) is 3.28. The van der Waals surface area contributed by atoms with E-state index in [2.05, 4.69) is 10.6 Å². The van der Waals surface area contributed by atoms with Gasteiger partial charge in [0.05, 0.1) is 13.2 Å². The molecule has 0 aliphatic rings. The number of rotatable bonds is 5. The lowest BCUT2D eigenvalue weighted by molar-refractivity contribution is -0.122. The predicted molar refractivity (Wildman–Crippen MR) is 38.8 cm³/mol. The Kier molecular flexibility index (Phi) is 5.10. The second-order valence-electron chi connectivity index (χ2n) is 2.15. The fraction of sp³-hybridized carbons (Fsp3) is 0.667. The molecule has 0 spiro atoms. The van der Waals surface area contributed by atoms with Crippen molar-refractivity contribution in [2.24, 2.45) is 0 Å². The van der Waals surface area contributed by atoms with Crippen LogP contribution < -0.4 is 10.6 Å². The van der Waals surface area contributed by atoms with Crippen LogP contribution in [0, 0.1) is 0 Å². The summed E-state index contributed by atoms with van der Waals surface area (Å²) >= 11 is 0. The van der Waals surface area contributed by atoms with Gasteiger partial charge >= 0.3 is 0 Å². The standard InChI is InChI=1S/C6H12N2O3/c1-5(3-9)8-6(11)2-7-4-10/h4-5,9H,2-3H2,1H3,(H,7,10)(H,8,11). The highest BCUT2D eigenvalue weighted by atomic mass is 16.3. The lowest BCUT2D eigenvalue weighted by atomic mass is 10.3. The number of aliphatic hydroxyl groups is 1. The van der Waals surface area contributed by atoms with Crippen LogP contribution >= 0.6 is 0 Å². The van der Waals surface area contributed by atoms with E-state index in [0.29, 0.717) is 6.41 Å². The molecule has 0 aromatic heterocycles. The van der Waals surface area contributed by atoms with Crippen LogP contribution in [0.25, 0.3) is 0 Å². The SMILES string of the molecule is CC(CO)NC(=O)CNC=O. The molecule has 0 heterocycles. The Labute approximate surface area is 64.8 Å². The average molecular weight is 160 g/mol. The molecule has 0 aliphatic carbocycles. The molecular weight excluding hydrogens is 148 g/mol. The molecular formula is C6H12N2O3. The first-order chi connectivity index (χ1) is 5.20. The molecule has 3 N–H and O–H groups in total. The summed E-state index contributed by atoms with van der Waals surface area (Å²) < 4.78 is 0. The maximum atomic E-state index is 10.7. The lowest BCUT2D eigenvalue weighted by Gasteiger charge is -2.09. The molecule has 0 radical (unpaired) electrons. The van der Waals surface area contributed by atoms with E-state index in [-0.39, 0.29) is 25.1 Å². The van der Waals surface area contributed by atoms with E-state index in [1.807, 2.05) is 0 Å². The molecule has 0 aromatic carbocycles. The van der Waals surface area contributed by atoms with Gasteiger partial charge in [0.25, 0.3) is 0 Å². The molecule has 0 saturated carbocycles. The smallest absolute Gasteiger partial charge is 0.239 e. The van der Waals surface area contributed by atoms with Crippen LogP contribution in [0.1, 0.15) is 6.92 Å². The monoisotopic (exact) mass is 160 g/mol. The van der Waals surface area contributed by atoms with E-state index in [1.165, 1.54) is 0 Å². The van der Waals surface area contributed by atoms with Gasteiger partial charge in [-0.2, -0.15) is 0 Å². The van der Waals surface area contributed by atoms with Gasteiger partial charge in [0.15, 0.2) is 0 Å². The second-order valence-corrected chi connectivity index (χ2v) is 2.15. The Morgan fingerprint density at radius 1 is 1.73 bits per heavy atom. The summed E-state index contributed by atoms with van der Waals surface area (Å²) in [6.07, 6.45) is 0.448. The molecule has 0 saturated heterocycles. The van der Waals surface area contributed by atoms with E-state index < -0.39 is 0 Å². The van der Waals surface area contributed by atoms with Crippen LogP contribution in [-0.2, 0) is 9.59 Å². The van der Waals surface area contributed by atoms with E-state index in [0.717, 1.165) is 0 Å². The van der Waals surface area contributed by atoms with Crippen LogP contribution in [-0.4, -0.2) is 36.6 Å². The zero-order valence-electron chi connectivity index (χ0n) is 6.33. The fourth-order valence-corrected chi connectivity index (χ4v) is 0.506. The summed E-state index contributed by atoms with van der Waals surface area (Å²) in [4.78, 5) is 20.5. The van der Waals surface area contributed by atoms with Crippen molar-refractivity contribution in [2.45, 2.75) is 13.0 Å². The van der Waals surface area contributed by atoms with Gasteiger partial charge in [0.1, 0.15) is 0 Å². The Morgan fingerprint density at radius 2 is 2.36 bits per heavy atom. The average Bonchev–Trinajstić information content (AvgIpc) is 2.00. The van der Waals surface area contributed by atoms with Crippen LogP contribution in [0.15, 0.2) is 0 Å². The summed E-state index contributed by atoms with van der Waals surface area (Å²) in [5.74, 6) is -0.307. The normalized spacial score (nSPS) is 11.8. The molecule has 64 valence electrons. The number of hydrogen-bond acceptors (Lipinski definition) is 3. The molecule has 0 fully saturated rings. The van der Waals surface area contributed by atoms with Crippen LogP contribution in [0.2, 0.25) is 0 Å². The Bertz CT molecular complexity index is 138. The van der Waals surface area contributed by atoms with Crippen LogP contribution in [0.4, 0.5) is 0 Å². The van der Waals surface area contributed by atoms with Gasteiger partial charge in [-0.25, -0.2) is 0 Å². The number of carbonyl (C=O) groups is 2. The van der Waals surface area contributed by atoms with E-state index in [4.69, 9.17) is 5.11 Å². The largest absolute Gasteiger partial charge is 0.394 e. The van der Waals surface area contributed by atoms with E-state index in [9.17, 15) is 9.59 Å². The van der Waals surface area contributed by atoms with Crippen molar-refractivity contribution in [1.82, 2.24) is 10.6 Å². The van der Waals surface area contributed by atoms with Gasteiger partial charge in [-0.15, -0.1) is 0 Å². The zero-order valence-corrected chi connectivity index (χ0v) is 6.33. The number of nitrogens with one attached hydrogen (secondary N) is 2. The second kappa shape index (κ2) is 5.67. The van der Waals surface area contributed by atoms with Gasteiger partial charge in [-0.3, -0.25) is 9.59 Å². The summed E-state index contributed by atoms with van der Waals surface area (Å²) in [6, 6.07) is -0.268. The highest BCUT2D eigenvalue weighted by Gasteiger charge is 2.03. The minimum absolute atomic E-state index is 0.0478. The topological polar surface area (TPSA) is 78.4 Å². The zero-order chi connectivity index (χ0) is 8.69. The summed E-state index contributed by atoms with van der Waals surface area (Å²) in [5.41, 5.74) is 0. The fourth-order valence-electron chi connectivity index (χ4n) is 0.506. The van der Waals surface area contributed by atoms with Crippen molar-refractivity contribution >= 4 is 12.3 Å². The highest BCUT2D eigenvalue weighted by Crippen LogP contribution is 1.76. The summed E-state index contributed by atoms with van der Waals surface area (Å²) in [5, 5.41) is 13.2. The third-order valence-electron chi connectivity index (χ3n) is 1.03. The van der Waals surface area contributed by atoms with E-state index >= 15 is 0 Å². The molecule has 2 amide bonds. The molecule has 0 rings (SSSR count). The molecule has 0 bridgehead atoms. The first kappa shape index (κ1) is 9.90. The Morgan fingerprint density at radius 3 is 2.82 bits per heavy atom. The summed E-state index contributed by atoms with van der Waals surface area (Å²) in [7, 11) is 0. The van der Waals surface area contributed by atoms with Gasteiger partial charge < -0.3 is 15.7 Å². The third-order valence-corrected chi connectivity index (χ3v) is 1.03. The predicted octanol–water partition coefficient (Wildman–Crippen LogP) is -1.77. The van der Waals surface area contributed by atoms with Gasteiger partial charge in [-0.05, 0) is 6.92 Å². The van der Waals surface area contributed by atoms with Crippen molar-refractivity contribution in [1.29, 1.82) is 0 Å². The van der Waals surface area contributed by atoms with Gasteiger partial charge in [0.2, 0.25) is 12.3 Å². The summed E-state index contributed by atoms with van der Waals surface area (Å²) in [6.45, 7) is 1.51. The minimum atomic E-state index is -0.307. The van der Waals surface area contributed by atoms with Crippen LogP contribution in [0.5, 0.6) is 0 Å². The van der Waals surface area contributed by atoms with E-state index in [1.54, 1.807) is 6.92 Å². The minimum Gasteiger partial charge on any atom is -0.394 e. The first-order valence-electron chi connectivity index (χ1n) is 3.28. The number of carbonyl (C=O) groups excluding carboxylic acids is 2. The highest BCUT2D eigenvalue weighted by molar-refractivity contribution is 5.79. The molecule has 11 heavy (non-hydrogen) atoms. The van der Waals surface area contributed by atoms with Crippen molar-refractivity contribution in [3.8, 4) is 0 Å². The number of hydrogen-bond donors (Lipinski definition) is 3. The molecule has 0 aromatic rings. The van der Waals surface area contributed by atoms with Crippen molar-refractivity contribution in [3.63, 3.8) is 0 Å². The number of amides is 2. The van der Waals surface area contributed by atoms with Gasteiger partial charge in [-0.1, -0.05) is 0 Å². The molecule has 5 nitrogen and oxygen atoms in total. The van der Waals surface area contributed by atoms with Crippen LogP contribution in [0.3, 0.4) is 0 Å². The Hall–Kier alpha value is -1.10. The van der Waals surface area contributed by atoms with Gasteiger partial charge in [0, 0.05) is 6.04 Å². The van der Waals surface area contributed by atoms with Crippen molar-refractivity contribution < 1.29 is 14.7 Å². The Balaban J connectivity index is 3.43. The molecule has 0 aliphatic heterocycles. The van der Waals surface area contributed by atoms with Crippen molar-refractivity contribution in [3.05, 3.63) is 0 Å². The maximum Gasteiger partial charge on any atom is 0.239 e. The molecule has 1 unspecified atom stereocenters. The third kappa shape index (κ3) is 5.35. The lowest BCUT2D eigenvalue weighted by Crippen LogP contribution is -2.40. The maximum absolute atomic E-state index is 10.7.